The molecular weight excluding hydrogens is 383 g/mol. The number of phenols is 1. The number of benzene rings is 2. The second-order valence-electron chi connectivity index (χ2n) is 6.60. The van der Waals surface area contributed by atoms with Crippen LogP contribution in [0, 0.1) is 5.82 Å². The molecule has 1 atom stereocenters. The van der Waals surface area contributed by atoms with Crippen LogP contribution in [0.1, 0.15) is 12.0 Å². The largest absolute Gasteiger partial charge is 0.505 e. The molecular formula is C20H24ClFN4O2. The Balaban J connectivity index is 1.57. The Morgan fingerprint density at radius 2 is 2.18 bits per heavy atom. The van der Waals surface area contributed by atoms with Gasteiger partial charge in [-0.15, -0.1) is 0 Å². The minimum atomic E-state index is -0.635. The summed E-state index contributed by atoms with van der Waals surface area (Å²) < 4.78 is 18.9. The number of nitrogens with zero attached hydrogens (tertiary/aromatic N) is 2. The summed E-state index contributed by atoms with van der Waals surface area (Å²) in [4.78, 5) is 6.47. The highest BCUT2D eigenvalue weighted by Gasteiger charge is 2.25. The van der Waals surface area contributed by atoms with Gasteiger partial charge in [-0.1, -0.05) is 17.7 Å². The molecule has 1 aliphatic rings. The average Bonchev–Trinajstić information content (AvgIpc) is 3.16. The van der Waals surface area contributed by atoms with E-state index in [1.54, 1.807) is 20.2 Å². The highest BCUT2D eigenvalue weighted by Crippen LogP contribution is 2.33. The molecule has 28 heavy (non-hydrogen) atoms. The smallest absolute Gasteiger partial charge is 0.191 e. The fourth-order valence-electron chi connectivity index (χ4n) is 3.24. The second-order valence-corrected chi connectivity index (χ2v) is 7.04. The minimum absolute atomic E-state index is 0.200. The molecule has 0 spiro atoms. The first-order valence-corrected chi connectivity index (χ1v) is 9.41. The van der Waals surface area contributed by atoms with E-state index in [1.165, 1.54) is 12.1 Å². The molecule has 1 aliphatic heterocycles. The van der Waals surface area contributed by atoms with Crippen molar-refractivity contribution in [1.82, 2.24) is 10.6 Å². The van der Waals surface area contributed by atoms with Crippen molar-refractivity contribution in [2.24, 2.45) is 4.99 Å². The normalized spacial score (nSPS) is 16.9. The van der Waals surface area contributed by atoms with E-state index < -0.39 is 5.82 Å². The highest BCUT2D eigenvalue weighted by atomic mass is 35.5. The third kappa shape index (κ3) is 4.78. The minimum Gasteiger partial charge on any atom is -0.505 e. The van der Waals surface area contributed by atoms with Crippen LogP contribution in [0.5, 0.6) is 11.5 Å². The number of aliphatic imine (C=N–C) groups is 1. The van der Waals surface area contributed by atoms with Gasteiger partial charge < -0.3 is 25.4 Å². The van der Waals surface area contributed by atoms with E-state index in [0.717, 1.165) is 36.5 Å². The van der Waals surface area contributed by atoms with E-state index in [-0.39, 0.29) is 11.8 Å². The first-order chi connectivity index (χ1) is 13.5. The van der Waals surface area contributed by atoms with Gasteiger partial charge in [0.15, 0.2) is 17.5 Å². The van der Waals surface area contributed by atoms with Gasteiger partial charge in [-0.25, -0.2) is 4.39 Å². The topological polar surface area (TPSA) is 69.1 Å². The Hall–Kier alpha value is -2.67. The molecule has 2 aromatic carbocycles. The average molecular weight is 407 g/mol. The van der Waals surface area contributed by atoms with Crippen molar-refractivity contribution in [3.8, 4) is 11.5 Å². The third-order valence-electron chi connectivity index (χ3n) is 4.71. The summed E-state index contributed by atoms with van der Waals surface area (Å²) in [5.41, 5.74) is 1.69. The van der Waals surface area contributed by atoms with Crippen LogP contribution in [-0.2, 0) is 6.54 Å². The number of anilines is 1. The molecule has 0 amide bonds. The lowest BCUT2D eigenvalue weighted by molar-refractivity contribution is 0.415. The van der Waals surface area contributed by atoms with Crippen LogP contribution in [0.25, 0.3) is 0 Å². The summed E-state index contributed by atoms with van der Waals surface area (Å²) in [6, 6.07) is 10.1. The molecule has 150 valence electrons. The molecule has 1 fully saturated rings. The maximum absolute atomic E-state index is 13.5. The zero-order valence-corrected chi connectivity index (χ0v) is 16.6. The lowest BCUT2D eigenvalue weighted by Gasteiger charge is -2.22. The molecule has 2 aromatic rings. The van der Waals surface area contributed by atoms with Crippen molar-refractivity contribution in [3.63, 3.8) is 0 Å². The molecule has 1 saturated heterocycles. The van der Waals surface area contributed by atoms with Crippen LogP contribution in [0.2, 0.25) is 5.02 Å². The summed E-state index contributed by atoms with van der Waals surface area (Å²) in [5.74, 6) is 0.443. The Morgan fingerprint density at radius 1 is 1.36 bits per heavy atom. The molecule has 6 nitrogen and oxygen atoms in total. The van der Waals surface area contributed by atoms with E-state index in [2.05, 4.69) is 20.5 Å². The zero-order chi connectivity index (χ0) is 20.1. The summed E-state index contributed by atoms with van der Waals surface area (Å²) >= 11 is 6.15. The lowest BCUT2D eigenvalue weighted by atomic mass is 10.2. The Morgan fingerprint density at radius 3 is 2.89 bits per heavy atom. The second kappa shape index (κ2) is 9.01. The zero-order valence-electron chi connectivity index (χ0n) is 15.9. The fraction of sp³-hybridized carbons (Fsp3) is 0.350. The van der Waals surface area contributed by atoms with Gasteiger partial charge in [0.25, 0.3) is 0 Å². The molecule has 0 radical (unpaired) electrons. The van der Waals surface area contributed by atoms with Gasteiger partial charge in [-0.2, -0.15) is 0 Å². The van der Waals surface area contributed by atoms with Crippen molar-refractivity contribution in [1.29, 1.82) is 0 Å². The number of rotatable bonds is 5. The number of nitrogens with one attached hydrogen (secondary N) is 2. The number of hydrogen-bond acceptors (Lipinski definition) is 4. The third-order valence-corrected chi connectivity index (χ3v) is 4.94. The standard InChI is InChI=1S/C20H24ClFN4O2/c1-23-20(24-11-13-3-5-18(27)16(22)9-13)25-15-7-8-26(12-15)17-10-14(21)4-6-19(17)28-2/h3-6,9-10,15,27H,7-8,11-12H2,1-2H3,(H2,23,24,25). The molecule has 1 unspecified atom stereocenters. The van der Waals surface area contributed by atoms with Crippen molar-refractivity contribution in [2.45, 2.75) is 19.0 Å². The van der Waals surface area contributed by atoms with E-state index in [0.29, 0.717) is 17.5 Å². The first kappa shape index (κ1) is 20.1. The van der Waals surface area contributed by atoms with Gasteiger partial charge >= 0.3 is 0 Å². The van der Waals surface area contributed by atoms with Crippen molar-refractivity contribution in [2.75, 3.05) is 32.1 Å². The molecule has 3 rings (SSSR count). The van der Waals surface area contributed by atoms with E-state index >= 15 is 0 Å². The number of guanidine groups is 1. The molecule has 1 heterocycles. The van der Waals surface area contributed by atoms with Crippen LogP contribution in [-0.4, -0.2) is 44.4 Å². The number of hydrogen-bond donors (Lipinski definition) is 3. The number of halogens is 2. The van der Waals surface area contributed by atoms with Crippen LogP contribution in [0.3, 0.4) is 0 Å². The highest BCUT2D eigenvalue weighted by molar-refractivity contribution is 6.30. The van der Waals surface area contributed by atoms with Crippen LogP contribution < -0.4 is 20.3 Å². The lowest BCUT2D eigenvalue weighted by Crippen LogP contribution is -2.44. The van der Waals surface area contributed by atoms with Crippen LogP contribution in [0.15, 0.2) is 41.4 Å². The molecule has 0 bridgehead atoms. The van der Waals surface area contributed by atoms with Gasteiger partial charge in [-0.05, 0) is 42.3 Å². The van der Waals surface area contributed by atoms with E-state index in [4.69, 9.17) is 16.3 Å². The quantitative estimate of drug-likeness (QED) is 0.525. The SMILES string of the molecule is CN=C(NCc1ccc(O)c(F)c1)NC1CCN(c2cc(Cl)ccc2OC)C1. The predicted molar refractivity (Wildman–Crippen MR) is 110 cm³/mol. The van der Waals surface area contributed by atoms with Crippen molar-refractivity contribution < 1.29 is 14.2 Å². The van der Waals surface area contributed by atoms with Gasteiger partial charge in [0.2, 0.25) is 0 Å². The number of phenolic OH excluding ortho intramolecular Hbond substituents is 1. The first-order valence-electron chi connectivity index (χ1n) is 9.03. The molecule has 0 aliphatic carbocycles. The van der Waals surface area contributed by atoms with Gasteiger partial charge in [-0.3, -0.25) is 4.99 Å². The fourth-order valence-corrected chi connectivity index (χ4v) is 3.41. The van der Waals surface area contributed by atoms with E-state index in [9.17, 15) is 9.50 Å². The number of aromatic hydroxyl groups is 1. The Kier molecular flexibility index (Phi) is 6.46. The van der Waals surface area contributed by atoms with Crippen LogP contribution >= 0.6 is 11.6 Å². The predicted octanol–water partition coefficient (Wildman–Crippen LogP) is 3.14. The van der Waals surface area contributed by atoms with Gasteiger partial charge in [0.1, 0.15) is 5.75 Å². The van der Waals surface area contributed by atoms with Crippen molar-refractivity contribution in [3.05, 3.63) is 52.8 Å². The van der Waals surface area contributed by atoms with Crippen LogP contribution in [0.4, 0.5) is 10.1 Å². The van der Waals surface area contributed by atoms with Gasteiger partial charge in [0.05, 0.1) is 12.8 Å². The molecule has 0 saturated carbocycles. The van der Waals surface area contributed by atoms with E-state index in [1.807, 2.05) is 18.2 Å². The summed E-state index contributed by atoms with van der Waals surface area (Å²) in [6.45, 7) is 2.05. The Labute approximate surface area is 169 Å². The summed E-state index contributed by atoms with van der Waals surface area (Å²) in [7, 11) is 3.34. The van der Waals surface area contributed by atoms with Crippen molar-refractivity contribution >= 4 is 23.2 Å². The number of ether oxygens (including phenoxy) is 1. The monoisotopic (exact) mass is 406 g/mol. The molecule has 8 heteroatoms. The molecule has 0 aromatic heterocycles. The van der Waals surface area contributed by atoms with Gasteiger partial charge in [0, 0.05) is 37.7 Å². The number of methoxy groups -OCH3 is 1. The summed E-state index contributed by atoms with van der Waals surface area (Å²) in [5, 5.41) is 16.5. The molecule has 3 N–H and O–H groups in total. The Bertz CT molecular complexity index is 862. The maximum atomic E-state index is 13.5. The summed E-state index contributed by atoms with van der Waals surface area (Å²) in [6.07, 6.45) is 0.935. The maximum Gasteiger partial charge on any atom is 0.191 e.